The summed E-state index contributed by atoms with van der Waals surface area (Å²) in [5.41, 5.74) is 0.509. The first-order valence-electron chi connectivity index (χ1n) is 5.84. The second kappa shape index (κ2) is 5.56. The maximum atomic E-state index is 11.2. The fourth-order valence-electron chi connectivity index (χ4n) is 1.63. The van der Waals surface area contributed by atoms with Gasteiger partial charge in [0.25, 0.3) is 0 Å². The van der Waals surface area contributed by atoms with E-state index in [2.05, 4.69) is 14.7 Å². The number of carbonyl (C=O) groups excluding carboxylic acids is 1. The molecule has 2 rings (SSSR count). The molecule has 0 aromatic carbocycles. The molecule has 0 bridgehead atoms. The van der Waals surface area contributed by atoms with E-state index in [1.165, 1.54) is 7.11 Å². The van der Waals surface area contributed by atoms with Gasteiger partial charge in [0.05, 0.1) is 18.6 Å². The Bertz CT molecular complexity index is 529. The SMILES string of the molecule is COC(=O)CSc1nc(C2CC2)nc(C)c1C(=O)O. The summed E-state index contributed by atoms with van der Waals surface area (Å²) in [7, 11) is 1.29. The van der Waals surface area contributed by atoms with Gasteiger partial charge in [0, 0.05) is 5.92 Å². The van der Waals surface area contributed by atoms with Crippen molar-refractivity contribution in [1.29, 1.82) is 0 Å². The molecule has 0 spiro atoms. The molecule has 7 heteroatoms. The standard InChI is InChI=1S/C12H14N2O4S/c1-6-9(12(16)17)11(19-5-8(15)18-2)14-10(13-6)7-3-4-7/h7H,3-5H2,1-2H3,(H,16,17). The minimum Gasteiger partial charge on any atom is -0.478 e. The number of ether oxygens (including phenoxy) is 1. The second-order valence-corrected chi connectivity index (χ2v) is 5.26. The quantitative estimate of drug-likeness (QED) is 0.498. The largest absolute Gasteiger partial charge is 0.478 e. The number of carbonyl (C=O) groups is 2. The van der Waals surface area contributed by atoms with Gasteiger partial charge in [-0.3, -0.25) is 4.79 Å². The molecule has 1 aliphatic carbocycles. The van der Waals surface area contributed by atoms with Gasteiger partial charge in [-0.05, 0) is 19.8 Å². The van der Waals surface area contributed by atoms with Crippen LogP contribution in [-0.4, -0.2) is 39.9 Å². The molecule has 19 heavy (non-hydrogen) atoms. The molecule has 1 aliphatic rings. The van der Waals surface area contributed by atoms with Crippen molar-refractivity contribution in [3.63, 3.8) is 0 Å². The lowest BCUT2D eigenvalue weighted by atomic mass is 10.2. The van der Waals surface area contributed by atoms with Gasteiger partial charge >= 0.3 is 11.9 Å². The monoisotopic (exact) mass is 282 g/mol. The van der Waals surface area contributed by atoms with E-state index in [0.717, 1.165) is 24.6 Å². The van der Waals surface area contributed by atoms with Gasteiger partial charge in [0.1, 0.15) is 16.4 Å². The average molecular weight is 282 g/mol. The van der Waals surface area contributed by atoms with Crippen molar-refractivity contribution < 1.29 is 19.4 Å². The van der Waals surface area contributed by atoms with Crippen LogP contribution in [-0.2, 0) is 9.53 Å². The number of aryl methyl sites for hydroxylation is 1. The van der Waals surface area contributed by atoms with Crippen LogP contribution in [0.4, 0.5) is 0 Å². The molecular formula is C12H14N2O4S. The van der Waals surface area contributed by atoms with Crippen molar-refractivity contribution in [1.82, 2.24) is 9.97 Å². The van der Waals surface area contributed by atoms with Crippen LogP contribution in [0.15, 0.2) is 5.03 Å². The van der Waals surface area contributed by atoms with E-state index in [1.54, 1.807) is 6.92 Å². The molecule has 0 aliphatic heterocycles. The summed E-state index contributed by atoms with van der Waals surface area (Å²) in [5.74, 6) is -0.441. The molecule has 0 amide bonds. The third kappa shape index (κ3) is 3.23. The highest BCUT2D eigenvalue weighted by molar-refractivity contribution is 8.00. The van der Waals surface area contributed by atoms with Crippen molar-refractivity contribution in [2.24, 2.45) is 0 Å². The number of methoxy groups -OCH3 is 1. The second-order valence-electron chi connectivity index (χ2n) is 4.29. The van der Waals surface area contributed by atoms with Crippen LogP contribution in [0.3, 0.4) is 0 Å². The summed E-state index contributed by atoms with van der Waals surface area (Å²) in [4.78, 5) is 30.9. The Balaban J connectivity index is 2.30. The predicted molar refractivity (Wildman–Crippen MR) is 68.4 cm³/mol. The lowest BCUT2D eigenvalue weighted by molar-refractivity contribution is -0.137. The molecule has 1 aromatic heterocycles. The summed E-state index contributed by atoms with van der Waals surface area (Å²) < 4.78 is 4.54. The van der Waals surface area contributed by atoms with Gasteiger partial charge in [-0.25, -0.2) is 14.8 Å². The van der Waals surface area contributed by atoms with E-state index < -0.39 is 11.9 Å². The predicted octanol–water partition coefficient (Wildman–Crippen LogP) is 1.63. The normalized spacial score (nSPS) is 14.2. The van der Waals surface area contributed by atoms with Crippen LogP contribution < -0.4 is 0 Å². The third-order valence-corrected chi connectivity index (χ3v) is 3.73. The van der Waals surface area contributed by atoms with E-state index in [-0.39, 0.29) is 11.3 Å². The minimum absolute atomic E-state index is 0.0390. The first-order valence-corrected chi connectivity index (χ1v) is 6.83. The van der Waals surface area contributed by atoms with Crippen molar-refractivity contribution in [3.05, 3.63) is 17.1 Å². The van der Waals surface area contributed by atoms with E-state index >= 15 is 0 Å². The van der Waals surface area contributed by atoms with Gasteiger partial charge in [0.15, 0.2) is 0 Å². The molecule has 0 atom stereocenters. The number of aromatic carboxylic acids is 1. The number of carboxylic acid groups (broad SMARTS) is 1. The zero-order chi connectivity index (χ0) is 14.0. The smallest absolute Gasteiger partial charge is 0.340 e. The molecule has 102 valence electrons. The maximum Gasteiger partial charge on any atom is 0.340 e. The lowest BCUT2D eigenvalue weighted by Crippen LogP contribution is -2.11. The zero-order valence-corrected chi connectivity index (χ0v) is 11.5. The van der Waals surface area contributed by atoms with E-state index in [4.69, 9.17) is 0 Å². The van der Waals surface area contributed by atoms with Crippen molar-refractivity contribution in [3.8, 4) is 0 Å². The van der Waals surface area contributed by atoms with Crippen LogP contribution in [0.2, 0.25) is 0 Å². The van der Waals surface area contributed by atoms with Crippen LogP contribution in [0.5, 0.6) is 0 Å². The van der Waals surface area contributed by atoms with Crippen LogP contribution in [0, 0.1) is 6.92 Å². The Kier molecular flexibility index (Phi) is 4.04. The van der Waals surface area contributed by atoms with Crippen LogP contribution >= 0.6 is 11.8 Å². The Morgan fingerprint density at radius 3 is 2.63 bits per heavy atom. The van der Waals surface area contributed by atoms with Crippen molar-refractivity contribution in [2.45, 2.75) is 30.7 Å². The van der Waals surface area contributed by atoms with Gasteiger partial charge in [-0.15, -0.1) is 0 Å². The van der Waals surface area contributed by atoms with Gasteiger partial charge in [-0.1, -0.05) is 11.8 Å². The number of esters is 1. The molecule has 1 fully saturated rings. The molecule has 1 saturated carbocycles. The first kappa shape index (κ1) is 13.8. The molecule has 6 nitrogen and oxygen atoms in total. The van der Waals surface area contributed by atoms with Crippen molar-refractivity contribution in [2.75, 3.05) is 12.9 Å². The van der Waals surface area contributed by atoms with Crippen LogP contribution in [0.1, 0.15) is 40.6 Å². The first-order chi connectivity index (χ1) is 9.02. The van der Waals surface area contributed by atoms with Gasteiger partial charge in [0.2, 0.25) is 0 Å². The van der Waals surface area contributed by atoms with Gasteiger partial charge < -0.3 is 9.84 Å². The number of carboxylic acids is 1. The molecule has 1 heterocycles. The Labute approximate surface area is 114 Å². The lowest BCUT2D eigenvalue weighted by Gasteiger charge is -2.09. The number of nitrogens with zero attached hydrogens (tertiary/aromatic N) is 2. The Morgan fingerprint density at radius 1 is 1.42 bits per heavy atom. The fourth-order valence-corrected chi connectivity index (χ4v) is 2.54. The van der Waals surface area contributed by atoms with Crippen molar-refractivity contribution >= 4 is 23.7 Å². The maximum absolute atomic E-state index is 11.2. The highest BCUT2D eigenvalue weighted by atomic mass is 32.2. The minimum atomic E-state index is -1.08. The Morgan fingerprint density at radius 2 is 2.11 bits per heavy atom. The summed E-state index contributed by atoms with van der Waals surface area (Å²) in [5, 5.41) is 9.54. The summed E-state index contributed by atoms with van der Waals surface area (Å²) in [6.07, 6.45) is 2.07. The Hall–Kier alpha value is -1.63. The van der Waals surface area contributed by atoms with E-state index in [0.29, 0.717) is 22.5 Å². The number of aromatic nitrogens is 2. The molecular weight excluding hydrogens is 268 g/mol. The van der Waals surface area contributed by atoms with Crippen LogP contribution in [0.25, 0.3) is 0 Å². The number of thioether (sulfide) groups is 1. The fraction of sp³-hybridized carbons (Fsp3) is 0.500. The number of hydrogen-bond acceptors (Lipinski definition) is 6. The average Bonchev–Trinajstić information content (AvgIpc) is 3.18. The summed E-state index contributed by atoms with van der Waals surface area (Å²) in [6.45, 7) is 1.65. The molecule has 0 unspecified atom stereocenters. The summed E-state index contributed by atoms with van der Waals surface area (Å²) >= 11 is 1.08. The molecule has 1 N–H and O–H groups in total. The van der Waals surface area contributed by atoms with Gasteiger partial charge in [-0.2, -0.15) is 0 Å². The zero-order valence-electron chi connectivity index (χ0n) is 10.7. The molecule has 0 saturated heterocycles. The molecule has 0 radical (unpaired) electrons. The highest BCUT2D eigenvalue weighted by Crippen LogP contribution is 2.39. The highest BCUT2D eigenvalue weighted by Gasteiger charge is 2.29. The number of rotatable bonds is 5. The topological polar surface area (TPSA) is 89.4 Å². The van der Waals surface area contributed by atoms with E-state index in [9.17, 15) is 14.7 Å². The number of hydrogen-bond donors (Lipinski definition) is 1. The molecule has 1 aromatic rings. The third-order valence-electron chi connectivity index (χ3n) is 2.78. The van der Waals surface area contributed by atoms with E-state index in [1.807, 2.05) is 0 Å². The summed E-state index contributed by atoms with van der Waals surface area (Å²) in [6, 6.07) is 0.